The van der Waals surface area contributed by atoms with E-state index in [1.807, 2.05) is 29.9 Å². The van der Waals surface area contributed by atoms with Crippen molar-refractivity contribution in [2.24, 2.45) is 0 Å². The lowest BCUT2D eigenvalue weighted by Crippen LogP contribution is -2.45. The number of benzene rings is 1. The number of aliphatic hydroxyl groups is 1. The van der Waals surface area contributed by atoms with Crippen LogP contribution in [0.5, 0.6) is 11.6 Å². The minimum Gasteiger partial charge on any atom is -0.487 e. The molecule has 1 aliphatic heterocycles. The van der Waals surface area contributed by atoms with Gasteiger partial charge in [0.1, 0.15) is 36.8 Å². The molecule has 13 nitrogen and oxygen atoms in total. The molecule has 1 saturated heterocycles. The van der Waals surface area contributed by atoms with Gasteiger partial charge in [-0.1, -0.05) is 17.7 Å². The second-order valence-electron chi connectivity index (χ2n) is 11.1. The van der Waals surface area contributed by atoms with Gasteiger partial charge in [-0.3, -0.25) is 9.58 Å². The highest BCUT2D eigenvalue weighted by Gasteiger charge is 2.29. The Morgan fingerprint density at radius 2 is 1.86 bits per heavy atom. The Kier molecular flexibility index (Phi) is 9.86. The predicted octanol–water partition coefficient (Wildman–Crippen LogP) is 3.98. The number of aromatic nitrogens is 7. The van der Waals surface area contributed by atoms with Crippen molar-refractivity contribution in [2.45, 2.75) is 57.3 Å². The third-order valence-corrected chi connectivity index (χ3v) is 8.34. The van der Waals surface area contributed by atoms with E-state index in [1.165, 1.54) is 6.33 Å². The Hall–Kier alpha value is -3.78. The molecule has 0 unspecified atom stereocenters. The van der Waals surface area contributed by atoms with Crippen molar-refractivity contribution >= 4 is 23.2 Å². The quantitative estimate of drug-likeness (QED) is 0.237. The topological polar surface area (TPSA) is 138 Å². The molecule has 234 valence electrons. The number of halogens is 1. The molecule has 14 heteroatoms. The first-order chi connectivity index (χ1) is 21.6. The fourth-order valence-electron chi connectivity index (χ4n) is 5.81. The van der Waals surface area contributed by atoms with E-state index in [0.717, 1.165) is 63.1 Å². The number of ether oxygens (including phenoxy) is 3. The number of morpholine rings is 1. The van der Waals surface area contributed by atoms with E-state index >= 15 is 0 Å². The maximum atomic E-state index is 9.36. The summed E-state index contributed by atoms with van der Waals surface area (Å²) in [5, 5.41) is 22.0. The fraction of sp³-hybridized carbons (Fsp3) is 0.500. The molecule has 44 heavy (non-hydrogen) atoms. The van der Waals surface area contributed by atoms with Gasteiger partial charge in [-0.25, -0.2) is 19.6 Å². The summed E-state index contributed by atoms with van der Waals surface area (Å²) in [6.45, 7) is 6.21. The number of nitrogens with zero attached hydrogens (tertiary/aromatic N) is 8. The van der Waals surface area contributed by atoms with Crippen LogP contribution in [0.4, 0.5) is 11.6 Å². The van der Waals surface area contributed by atoms with Gasteiger partial charge in [-0.15, -0.1) is 5.10 Å². The zero-order chi connectivity index (χ0) is 30.3. The molecular weight excluding hydrogens is 586 g/mol. The van der Waals surface area contributed by atoms with Crippen LogP contribution >= 0.6 is 11.6 Å². The van der Waals surface area contributed by atoms with E-state index in [4.69, 9.17) is 30.9 Å². The molecule has 0 amide bonds. The molecule has 1 aliphatic carbocycles. The number of aliphatic hydroxyl groups excluding tert-OH is 1. The normalized spacial score (nSPS) is 19.9. The highest BCUT2D eigenvalue weighted by Crippen LogP contribution is 2.35. The van der Waals surface area contributed by atoms with E-state index in [-0.39, 0.29) is 25.4 Å². The van der Waals surface area contributed by atoms with Crippen LogP contribution in [0.15, 0.2) is 49.4 Å². The van der Waals surface area contributed by atoms with Crippen LogP contribution in [0.1, 0.15) is 38.6 Å². The Balaban J connectivity index is 1.11. The maximum absolute atomic E-state index is 9.36. The molecule has 0 radical (unpaired) electrons. The van der Waals surface area contributed by atoms with Crippen molar-refractivity contribution in [1.29, 1.82) is 0 Å². The summed E-state index contributed by atoms with van der Waals surface area (Å²) >= 11 is 6.43. The molecule has 1 saturated carbocycles. The summed E-state index contributed by atoms with van der Waals surface area (Å²) in [5.41, 5.74) is 2.34. The molecule has 0 spiro atoms. The smallest absolute Gasteiger partial charge is 0.257 e. The van der Waals surface area contributed by atoms with E-state index in [9.17, 15) is 5.11 Å². The molecule has 1 atom stereocenters. The van der Waals surface area contributed by atoms with Gasteiger partial charge < -0.3 is 24.6 Å². The van der Waals surface area contributed by atoms with Crippen molar-refractivity contribution in [3.05, 3.63) is 54.5 Å². The molecule has 3 aromatic heterocycles. The second kappa shape index (κ2) is 14.3. The van der Waals surface area contributed by atoms with Crippen LogP contribution in [0.2, 0.25) is 5.02 Å². The minimum atomic E-state index is -0.171. The van der Waals surface area contributed by atoms with Crippen LogP contribution in [-0.4, -0.2) is 96.2 Å². The van der Waals surface area contributed by atoms with Crippen molar-refractivity contribution in [3.8, 4) is 22.8 Å². The van der Waals surface area contributed by atoms with Crippen LogP contribution < -0.4 is 14.8 Å². The number of rotatable bonds is 12. The van der Waals surface area contributed by atoms with Crippen LogP contribution in [0.25, 0.3) is 11.1 Å². The van der Waals surface area contributed by atoms with E-state index in [2.05, 4.69) is 30.3 Å². The van der Waals surface area contributed by atoms with E-state index < -0.39 is 0 Å². The van der Waals surface area contributed by atoms with Gasteiger partial charge in [-0.05, 0) is 50.3 Å². The first kappa shape index (κ1) is 30.3. The molecule has 4 aromatic rings. The summed E-state index contributed by atoms with van der Waals surface area (Å²) in [4.78, 5) is 15.6. The predicted molar refractivity (Wildman–Crippen MR) is 164 cm³/mol. The molecule has 1 aromatic carbocycles. The highest BCUT2D eigenvalue weighted by atomic mass is 35.5. The first-order valence-corrected chi connectivity index (χ1v) is 15.5. The van der Waals surface area contributed by atoms with Crippen LogP contribution in [0, 0.1) is 0 Å². The van der Waals surface area contributed by atoms with Crippen molar-refractivity contribution < 1.29 is 19.3 Å². The fourth-order valence-corrected chi connectivity index (χ4v) is 5.97. The van der Waals surface area contributed by atoms with Gasteiger partial charge in [0.25, 0.3) is 5.88 Å². The Labute approximate surface area is 261 Å². The SMILES string of the molecule is C[C@@H](Cn1cncn1)Oc1cc(-c2cnc(Nc3cn([C@H]4CC[C@H](N5CCOCC5)CC4)nc3OCCO)nc2)ccc1Cl. The molecule has 2 aliphatic rings. The summed E-state index contributed by atoms with van der Waals surface area (Å²) < 4.78 is 21.1. The lowest BCUT2D eigenvalue weighted by atomic mass is 9.90. The lowest BCUT2D eigenvalue weighted by Gasteiger charge is -2.38. The monoisotopic (exact) mass is 623 g/mol. The zero-order valence-corrected chi connectivity index (χ0v) is 25.5. The van der Waals surface area contributed by atoms with Crippen molar-refractivity contribution in [1.82, 2.24) is 39.4 Å². The van der Waals surface area contributed by atoms with Crippen molar-refractivity contribution in [3.63, 3.8) is 0 Å². The number of nitrogens with one attached hydrogen (secondary N) is 1. The average molecular weight is 624 g/mol. The standard InChI is InChI=1S/C30H38ClN9O4/c1-21(17-39-20-32-19-35-39)44-28-14-22(2-7-26(28)31)23-15-33-30(34-16-23)36-27-18-40(37-29(27)43-13-10-41)25-5-3-24(4-6-25)38-8-11-42-12-9-38/h2,7,14-16,18-21,24-25,41H,3-6,8-13,17H2,1H3,(H,33,34,36)/t21-,24-,25-/m0/s1. The highest BCUT2D eigenvalue weighted by molar-refractivity contribution is 6.32. The average Bonchev–Trinajstić information content (AvgIpc) is 3.72. The van der Waals surface area contributed by atoms with E-state index in [0.29, 0.717) is 40.9 Å². The number of anilines is 2. The van der Waals surface area contributed by atoms with Gasteiger partial charge in [0, 0.05) is 37.1 Å². The molecule has 2 N–H and O–H groups in total. The second-order valence-corrected chi connectivity index (χ2v) is 11.5. The molecular formula is C30H38ClN9O4. The van der Waals surface area contributed by atoms with Gasteiger partial charge in [0.05, 0.1) is 43.6 Å². The first-order valence-electron chi connectivity index (χ1n) is 15.1. The Morgan fingerprint density at radius 1 is 1.09 bits per heavy atom. The third kappa shape index (κ3) is 7.46. The zero-order valence-electron chi connectivity index (χ0n) is 24.8. The van der Waals surface area contributed by atoms with Crippen molar-refractivity contribution in [2.75, 3.05) is 44.8 Å². The summed E-state index contributed by atoms with van der Waals surface area (Å²) in [6.07, 6.45) is 12.7. The van der Waals surface area contributed by atoms with E-state index in [1.54, 1.807) is 29.5 Å². The summed E-state index contributed by atoms with van der Waals surface area (Å²) in [5.74, 6) is 1.39. The molecule has 0 bridgehead atoms. The Morgan fingerprint density at radius 3 is 2.59 bits per heavy atom. The van der Waals surface area contributed by atoms with Gasteiger partial charge in [0.15, 0.2) is 0 Å². The van der Waals surface area contributed by atoms with Crippen LogP contribution in [0.3, 0.4) is 0 Å². The summed E-state index contributed by atoms with van der Waals surface area (Å²) in [6, 6.07) is 6.47. The molecule has 2 fully saturated rings. The molecule has 6 rings (SSSR count). The van der Waals surface area contributed by atoms with Gasteiger partial charge in [0.2, 0.25) is 5.95 Å². The number of hydrogen-bond donors (Lipinski definition) is 2. The van der Waals surface area contributed by atoms with Gasteiger partial charge in [-0.2, -0.15) is 5.10 Å². The molecule has 4 heterocycles. The Bertz CT molecular complexity index is 1470. The van der Waals surface area contributed by atoms with Crippen LogP contribution in [-0.2, 0) is 11.3 Å². The maximum Gasteiger partial charge on any atom is 0.257 e. The number of hydrogen-bond acceptors (Lipinski definition) is 11. The van der Waals surface area contributed by atoms with Gasteiger partial charge >= 0.3 is 0 Å². The third-order valence-electron chi connectivity index (χ3n) is 8.03. The summed E-state index contributed by atoms with van der Waals surface area (Å²) in [7, 11) is 0. The largest absolute Gasteiger partial charge is 0.487 e. The lowest BCUT2D eigenvalue weighted by molar-refractivity contribution is 0.00502. The minimum absolute atomic E-state index is 0.103.